The monoisotopic (exact) mass is 426 g/mol. The first-order valence-electron chi connectivity index (χ1n) is 10.1. The van der Waals surface area contributed by atoms with Crippen LogP contribution >= 0.6 is 0 Å². The Kier molecular flexibility index (Phi) is 6.75. The van der Waals surface area contributed by atoms with E-state index in [1.807, 2.05) is 32.8 Å². The van der Waals surface area contributed by atoms with Crippen molar-refractivity contribution in [2.75, 3.05) is 27.2 Å². The van der Waals surface area contributed by atoms with Crippen LogP contribution in [0.4, 0.5) is 4.39 Å². The van der Waals surface area contributed by atoms with Crippen LogP contribution in [0.15, 0.2) is 54.1 Å². The van der Waals surface area contributed by atoms with E-state index in [9.17, 15) is 19.1 Å². The Morgan fingerprint density at radius 2 is 1.71 bits per heavy atom. The van der Waals surface area contributed by atoms with Crippen molar-refractivity contribution < 1.29 is 23.8 Å². The number of likely N-dealkylation sites (tertiary alicyclic amines) is 1. The maximum Gasteiger partial charge on any atom is 0.295 e. The number of carbonyl (C=O) groups excluding carboxylic acids is 2. The second-order valence-corrected chi connectivity index (χ2v) is 8.04. The molecule has 0 aliphatic carbocycles. The number of rotatable bonds is 7. The molecule has 1 unspecified atom stereocenters. The highest BCUT2D eigenvalue weighted by atomic mass is 19.1. The summed E-state index contributed by atoms with van der Waals surface area (Å²) in [6.07, 6.45) is 0.00931. The van der Waals surface area contributed by atoms with E-state index in [0.29, 0.717) is 24.4 Å². The number of nitrogens with zero attached hydrogens (tertiary/aromatic N) is 2. The molecule has 1 aliphatic heterocycles. The molecule has 1 atom stereocenters. The van der Waals surface area contributed by atoms with Gasteiger partial charge in [-0.15, -0.1) is 0 Å². The van der Waals surface area contributed by atoms with Gasteiger partial charge >= 0.3 is 0 Å². The van der Waals surface area contributed by atoms with Crippen molar-refractivity contribution in [3.8, 4) is 5.75 Å². The van der Waals surface area contributed by atoms with Crippen molar-refractivity contribution >= 4 is 17.4 Å². The lowest BCUT2D eigenvalue weighted by atomic mass is 9.95. The van der Waals surface area contributed by atoms with E-state index in [1.54, 1.807) is 24.3 Å². The smallest absolute Gasteiger partial charge is 0.295 e. The van der Waals surface area contributed by atoms with Gasteiger partial charge < -0.3 is 19.6 Å². The summed E-state index contributed by atoms with van der Waals surface area (Å²) in [5.74, 6) is -1.54. The van der Waals surface area contributed by atoms with Gasteiger partial charge in [-0.1, -0.05) is 12.1 Å². The molecule has 1 N–H and O–H groups in total. The zero-order chi connectivity index (χ0) is 22.7. The van der Waals surface area contributed by atoms with Gasteiger partial charge in [0.15, 0.2) is 0 Å². The van der Waals surface area contributed by atoms with Crippen molar-refractivity contribution in [1.29, 1.82) is 0 Å². The minimum Gasteiger partial charge on any atom is -0.507 e. The lowest BCUT2D eigenvalue weighted by Crippen LogP contribution is -2.35. The Morgan fingerprint density at radius 3 is 2.26 bits per heavy atom. The van der Waals surface area contributed by atoms with Crippen molar-refractivity contribution in [2.45, 2.75) is 26.0 Å². The second kappa shape index (κ2) is 9.31. The largest absolute Gasteiger partial charge is 0.507 e. The van der Waals surface area contributed by atoms with Crippen LogP contribution in [0.2, 0.25) is 0 Å². The van der Waals surface area contributed by atoms with Gasteiger partial charge in [-0.3, -0.25) is 9.59 Å². The summed E-state index contributed by atoms with van der Waals surface area (Å²) in [5, 5.41) is 10.9. The van der Waals surface area contributed by atoms with Gasteiger partial charge in [-0.25, -0.2) is 4.39 Å². The number of ether oxygens (including phenoxy) is 1. The summed E-state index contributed by atoms with van der Waals surface area (Å²) in [7, 11) is 3.75. The molecule has 1 aliphatic rings. The minimum atomic E-state index is -0.756. The second-order valence-electron chi connectivity index (χ2n) is 8.04. The van der Waals surface area contributed by atoms with Crippen molar-refractivity contribution in [1.82, 2.24) is 9.80 Å². The first-order chi connectivity index (χ1) is 14.7. The lowest BCUT2D eigenvalue weighted by molar-refractivity contribution is -0.140. The molecule has 1 heterocycles. The molecule has 164 valence electrons. The van der Waals surface area contributed by atoms with Crippen molar-refractivity contribution in [3.63, 3.8) is 0 Å². The lowest BCUT2D eigenvalue weighted by Gasteiger charge is -2.26. The van der Waals surface area contributed by atoms with Crippen LogP contribution in [0, 0.1) is 5.82 Å². The molecule has 1 fully saturated rings. The van der Waals surface area contributed by atoms with Gasteiger partial charge in [-0.05, 0) is 69.9 Å². The Balaban J connectivity index is 2.08. The molecule has 0 saturated carbocycles. The fraction of sp³-hybridized carbons (Fsp3) is 0.333. The van der Waals surface area contributed by atoms with Crippen LogP contribution in [0.3, 0.4) is 0 Å². The van der Waals surface area contributed by atoms with E-state index in [-0.39, 0.29) is 23.0 Å². The normalized spacial score (nSPS) is 18.3. The minimum absolute atomic E-state index is 0.00658. The van der Waals surface area contributed by atoms with Gasteiger partial charge in [-0.2, -0.15) is 0 Å². The molecular weight excluding hydrogens is 399 g/mol. The quantitative estimate of drug-likeness (QED) is 0.416. The summed E-state index contributed by atoms with van der Waals surface area (Å²) in [6.45, 7) is 4.71. The number of aliphatic hydroxyl groups excluding tert-OH is 1. The summed E-state index contributed by atoms with van der Waals surface area (Å²) in [5.41, 5.74) is 0.947. The summed E-state index contributed by atoms with van der Waals surface area (Å²) in [4.78, 5) is 29.1. The highest BCUT2D eigenvalue weighted by Crippen LogP contribution is 2.39. The number of likely N-dealkylation sites (N-methyl/N-ethyl adjacent to an activating group) is 1. The summed E-state index contributed by atoms with van der Waals surface area (Å²) >= 11 is 0. The maximum atomic E-state index is 13.3. The molecule has 2 aromatic rings. The maximum absolute atomic E-state index is 13.3. The summed E-state index contributed by atoms with van der Waals surface area (Å²) in [6, 6.07) is 11.5. The molecule has 31 heavy (non-hydrogen) atoms. The number of Topliss-reactive ketones (excluding diaryl/α,β-unsaturated/α-hetero) is 1. The first kappa shape index (κ1) is 22.5. The number of carbonyl (C=O) groups is 2. The third kappa shape index (κ3) is 4.94. The molecule has 0 spiro atoms. The molecule has 6 nitrogen and oxygen atoms in total. The molecular formula is C24H27FN2O4. The molecule has 0 bridgehead atoms. The molecule has 1 amide bonds. The average molecular weight is 426 g/mol. The number of halogens is 1. The van der Waals surface area contributed by atoms with Crippen LogP contribution < -0.4 is 4.74 Å². The topological polar surface area (TPSA) is 70.1 Å². The predicted molar refractivity (Wildman–Crippen MR) is 116 cm³/mol. The van der Waals surface area contributed by atoms with E-state index in [1.165, 1.54) is 29.2 Å². The number of hydrogen-bond acceptors (Lipinski definition) is 5. The zero-order valence-corrected chi connectivity index (χ0v) is 18.1. The first-order valence-corrected chi connectivity index (χ1v) is 10.1. The Hall–Kier alpha value is -3.19. The van der Waals surface area contributed by atoms with Crippen LogP contribution in [-0.2, 0) is 9.59 Å². The van der Waals surface area contributed by atoms with Gasteiger partial charge in [0.05, 0.1) is 17.7 Å². The van der Waals surface area contributed by atoms with Crippen molar-refractivity contribution in [3.05, 3.63) is 71.0 Å². The number of benzene rings is 2. The third-order valence-electron chi connectivity index (χ3n) is 5.01. The van der Waals surface area contributed by atoms with E-state index < -0.39 is 23.5 Å². The van der Waals surface area contributed by atoms with Crippen LogP contribution in [0.5, 0.6) is 5.75 Å². The van der Waals surface area contributed by atoms with Crippen molar-refractivity contribution in [2.24, 2.45) is 0 Å². The highest BCUT2D eigenvalue weighted by molar-refractivity contribution is 6.46. The van der Waals surface area contributed by atoms with Crippen LogP contribution in [0.25, 0.3) is 5.76 Å². The van der Waals surface area contributed by atoms with Gasteiger partial charge in [0.2, 0.25) is 0 Å². The van der Waals surface area contributed by atoms with Crippen LogP contribution in [0.1, 0.15) is 31.0 Å². The number of aliphatic hydroxyl groups is 1. The van der Waals surface area contributed by atoms with E-state index in [4.69, 9.17) is 4.74 Å². The number of amides is 1. The van der Waals surface area contributed by atoms with Gasteiger partial charge in [0.25, 0.3) is 11.7 Å². The molecule has 2 aromatic carbocycles. The Morgan fingerprint density at radius 1 is 1.10 bits per heavy atom. The standard InChI is InChI=1S/C24H27FN2O4/c1-15(2)31-19-11-7-16(8-12-19)21-20(22(28)17-5-9-18(25)10-6-17)23(29)24(30)27(21)14-13-26(3)4/h5-12,15,21,28H,13-14H2,1-4H3/b22-20+. The molecule has 1 saturated heterocycles. The molecule has 3 rings (SSSR count). The summed E-state index contributed by atoms with van der Waals surface area (Å²) < 4.78 is 19.0. The van der Waals surface area contributed by atoms with Gasteiger partial charge in [0, 0.05) is 18.7 Å². The molecule has 0 radical (unpaired) electrons. The number of ketones is 1. The zero-order valence-electron chi connectivity index (χ0n) is 18.1. The van der Waals surface area contributed by atoms with Crippen LogP contribution in [-0.4, -0.2) is 59.9 Å². The number of hydrogen-bond donors (Lipinski definition) is 1. The molecule has 0 aromatic heterocycles. The predicted octanol–water partition coefficient (Wildman–Crippen LogP) is 3.60. The SMILES string of the molecule is CC(C)Oc1ccc(C2/C(=C(\O)c3ccc(F)cc3)C(=O)C(=O)N2CCN(C)C)cc1. The van der Waals surface area contributed by atoms with E-state index in [0.717, 1.165) is 0 Å². The Labute approximate surface area is 181 Å². The fourth-order valence-corrected chi connectivity index (χ4v) is 3.53. The fourth-order valence-electron chi connectivity index (χ4n) is 3.53. The van der Waals surface area contributed by atoms with E-state index in [2.05, 4.69) is 0 Å². The average Bonchev–Trinajstić information content (AvgIpc) is 2.97. The molecule has 7 heteroatoms. The third-order valence-corrected chi connectivity index (χ3v) is 5.01. The van der Waals surface area contributed by atoms with E-state index >= 15 is 0 Å². The van der Waals surface area contributed by atoms with Gasteiger partial charge in [0.1, 0.15) is 17.3 Å². The highest BCUT2D eigenvalue weighted by Gasteiger charge is 2.45. The Bertz CT molecular complexity index is 982.